The Balaban J connectivity index is 1.75. The van der Waals surface area contributed by atoms with Crippen molar-refractivity contribution in [1.82, 2.24) is 5.32 Å². The van der Waals surface area contributed by atoms with Gasteiger partial charge in [-0.3, -0.25) is 4.79 Å². The summed E-state index contributed by atoms with van der Waals surface area (Å²) in [5, 5.41) is 6.61. The molecule has 0 saturated heterocycles. The van der Waals surface area contributed by atoms with Gasteiger partial charge in [-0.25, -0.2) is 0 Å². The lowest BCUT2D eigenvalue weighted by Crippen LogP contribution is -2.29. The van der Waals surface area contributed by atoms with E-state index in [0.29, 0.717) is 5.02 Å². The number of benzene rings is 2. The number of nitrogens with one attached hydrogen (secondary N) is 2. The quantitative estimate of drug-likeness (QED) is 0.764. The number of hydrogen-bond acceptors (Lipinski definition) is 3. The molecule has 0 spiro atoms. The highest BCUT2D eigenvalue weighted by molar-refractivity contribution is 6.31. The van der Waals surface area contributed by atoms with E-state index in [-0.39, 0.29) is 12.5 Å². The normalized spacial score (nSPS) is 10.4. The summed E-state index contributed by atoms with van der Waals surface area (Å²) in [5.74, 6) is 0.762. The van der Waals surface area contributed by atoms with E-state index in [2.05, 4.69) is 10.6 Å². The van der Waals surface area contributed by atoms with Crippen molar-refractivity contribution in [2.45, 2.75) is 13.3 Å². The van der Waals surface area contributed by atoms with E-state index in [1.54, 1.807) is 19.2 Å². The Morgan fingerprint density at radius 1 is 1.22 bits per heavy atom. The lowest BCUT2D eigenvalue weighted by Gasteiger charge is -2.10. The number of anilines is 1. The molecule has 2 N–H and O–H groups in total. The van der Waals surface area contributed by atoms with Crippen molar-refractivity contribution in [2.75, 3.05) is 25.5 Å². The lowest BCUT2D eigenvalue weighted by atomic mass is 10.1. The van der Waals surface area contributed by atoms with Gasteiger partial charge < -0.3 is 15.4 Å². The molecule has 0 unspecified atom stereocenters. The van der Waals surface area contributed by atoms with Gasteiger partial charge in [0, 0.05) is 10.7 Å². The number of hydrogen-bond donors (Lipinski definition) is 2. The zero-order valence-corrected chi connectivity index (χ0v) is 14.1. The molecule has 0 bridgehead atoms. The number of carbonyl (C=O) groups excluding carboxylic acids is 1. The van der Waals surface area contributed by atoms with Crippen LogP contribution in [0.5, 0.6) is 5.75 Å². The third-order valence-corrected chi connectivity index (χ3v) is 3.72. The number of amides is 1. The van der Waals surface area contributed by atoms with Crippen molar-refractivity contribution in [3.63, 3.8) is 0 Å². The van der Waals surface area contributed by atoms with E-state index < -0.39 is 0 Å². The average molecular weight is 333 g/mol. The third kappa shape index (κ3) is 5.58. The summed E-state index contributed by atoms with van der Waals surface area (Å²) < 4.78 is 5.19. The molecule has 2 rings (SSSR count). The minimum Gasteiger partial charge on any atom is -0.497 e. The van der Waals surface area contributed by atoms with Gasteiger partial charge in [-0.05, 0) is 55.3 Å². The largest absolute Gasteiger partial charge is 0.497 e. The van der Waals surface area contributed by atoms with Crippen LogP contribution < -0.4 is 15.4 Å². The summed E-state index contributed by atoms with van der Waals surface area (Å²) in [6.45, 7) is 2.91. The molecule has 0 radical (unpaired) electrons. The van der Waals surface area contributed by atoms with E-state index >= 15 is 0 Å². The lowest BCUT2D eigenvalue weighted by molar-refractivity contribution is -0.115. The van der Waals surface area contributed by atoms with Crippen molar-refractivity contribution in [3.05, 3.63) is 58.6 Å². The summed E-state index contributed by atoms with van der Waals surface area (Å²) >= 11 is 5.94. The van der Waals surface area contributed by atoms with Crippen molar-refractivity contribution >= 4 is 23.2 Å². The molecule has 0 aliphatic carbocycles. The van der Waals surface area contributed by atoms with E-state index in [4.69, 9.17) is 16.3 Å². The molecule has 0 atom stereocenters. The van der Waals surface area contributed by atoms with Gasteiger partial charge in [-0.15, -0.1) is 0 Å². The summed E-state index contributed by atoms with van der Waals surface area (Å²) in [7, 11) is 1.65. The molecule has 2 aromatic rings. The maximum atomic E-state index is 12.0. The van der Waals surface area contributed by atoms with Gasteiger partial charge in [-0.1, -0.05) is 29.8 Å². The first kappa shape index (κ1) is 17.3. The van der Waals surface area contributed by atoms with Gasteiger partial charge in [0.15, 0.2) is 0 Å². The molecule has 0 fully saturated rings. The average Bonchev–Trinajstić information content (AvgIpc) is 2.55. The summed E-state index contributed by atoms with van der Waals surface area (Å²) in [4.78, 5) is 12.0. The maximum Gasteiger partial charge on any atom is 0.238 e. The number of aryl methyl sites for hydroxylation is 1. The Hall–Kier alpha value is -2.04. The van der Waals surface area contributed by atoms with Crippen LogP contribution in [0, 0.1) is 6.92 Å². The standard InChI is InChI=1S/C18H21ClN2O2/c1-13-6-7-15(19)11-17(13)21-18(22)12-20-9-8-14-4-3-5-16(10-14)23-2/h3-7,10-11,20H,8-9,12H2,1-2H3,(H,21,22). The third-order valence-electron chi connectivity index (χ3n) is 3.48. The van der Waals surface area contributed by atoms with Crippen molar-refractivity contribution in [1.29, 1.82) is 0 Å². The second-order valence-corrected chi connectivity index (χ2v) is 5.72. The van der Waals surface area contributed by atoms with Gasteiger partial charge in [-0.2, -0.15) is 0 Å². The topological polar surface area (TPSA) is 50.4 Å². The fraction of sp³-hybridized carbons (Fsp3) is 0.278. The number of rotatable bonds is 7. The Bertz CT molecular complexity index is 674. The van der Waals surface area contributed by atoms with E-state index in [1.807, 2.05) is 37.3 Å². The molecule has 1 amide bonds. The highest BCUT2D eigenvalue weighted by Gasteiger charge is 2.05. The monoisotopic (exact) mass is 332 g/mol. The van der Waals surface area contributed by atoms with Crippen LogP contribution in [0.3, 0.4) is 0 Å². The van der Waals surface area contributed by atoms with E-state index in [1.165, 1.54) is 5.56 Å². The van der Waals surface area contributed by atoms with Crippen molar-refractivity contribution < 1.29 is 9.53 Å². The zero-order chi connectivity index (χ0) is 16.7. The van der Waals surface area contributed by atoms with Crippen molar-refractivity contribution in [3.8, 4) is 5.75 Å². The van der Waals surface area contributed by atoms with Gasteiger partial charge in [0.05, 0.1) is 13.7 Å². The first-order valence-electron chi connectivity index (χ1n) is 7.48. The minimum atomic E-state index is -0.0824. The van der Waals surface area contributed by atoms with Gasteiger partial charge in [0.1, 0.15) is 5.75 Å². The molecule has 0 aliphatic rings. The van der Waals surface area contributed by atoms with Crippen LogP contribution in [0.4, 0.5) is 5.69 Å². The number of methoxy groups -OCH3 is 1. The molecule has 0 aromatic heterocycles. The zero-order valence-electron chi connectivity index (χ0n) is 13.4. The maximum absolute atomic E-state index is 12.0. The van der Waals surface area contributed by atoms with Gasteiger partial charge in [0.2, 0.25) is 5.91 Å². The summed E-state index contributed by atoms with van der Waals surface area (Å²) in [6.07, 6.45) is 0.834. The number of carbonyl (C=O) groups is 1. The van der Waals surface area contributed by atoms with Crippen LogP contribution in [0.15, 0.2) is 42.5 Å². The van der Waals surface area contributed by atoms with Crippen LogP contribution in [-0.2, 0) is 11.2 Å². The molecule has 0 heterocycles. The number of halogens is 1. The summed E-state index contributed by atoms with van der Waals surface area (Å²) in [6, 6.07) is 13.4. The molecular weight excluding hydrogens is 312 g/mol. The predicted octanol–water partition coefficient (Wildman–Crippen LogP) is 3.43. The second kappa shape index (κ2) is 8.56. The molecule has 2 aromatic carbocycles. The van der Waals surface area contributed by atoms with Gasteiger partial charge >= 0.3 is 0 Å². The Labute approximate surface area is 141 Å². The second-order valence-electron chi connectivity index (χ2n) is 5.29. The highest BCUT2D eigenvalue weighted by Crippen LogP contribution is 2.19. The fourth-order valence-electron chi connectivity index (χ4n) is 2.19. The van der Waals surface area contributed by atoms with Crippen molar-refractivity contribution in [2.24, 2.45) is 0 Å². The van der Waals surface area contributed by atoms with E-state index in [9.17, 15) is 4.79 Å². The molecule has 0 aliphatic heterocycles. The van der Waals surface area contributed by atoms with Crippen LogP contribution in [0.1, 0.15) is 11.1 Å². The molecule has 23 heavy (non-hydrogen) atoms. The van der Waals surface area contributed by atoms with Gasteiger partial charge in [0.25, 0.3) is 0 Å². The number of ether oxygens (including phenoxy) is 1. The Kier molecular flexibility index (Phi) is 6.44. The molecule has 4 nitrogen and oxygen atoms in total. The predicted molar refractivity (Wildman–Crippen MR) is 94.4 cm³/mol. The van der Waals surface area contributed by atoms with Crippen LogP contribution >= 0.6 is 11.6 Å². The highest BCUT2D eigenvalue weighted by atomic mass is 35.5. The molecule has 5 heteroatoms. The molecule has 0 saturated carbocycles. The first-order valence-corrected chi connectivity index (χ1v) is 7.86. The van der Waals surface area contributed by atoms with Crippen LogP contribution in [-0.4, -0.2) is 26.1 Å². The SMILES string of the molecule is COc1cccc(CCNCC(=O)Nc2cc(Cl)ccc2C)c1. The summed E-state index contributed by atoms with van der Waals surface area (Å²) in [5.41, 5.74) is 2.90. The molecular formula is C18H21ClN2O2. The Morgan fingerprint density at radius 3 is 2.83 bits per heavy atom. The fourth-order valence-corrected chi connectivity index (χ4v) is 2.36. The van der Waals surface area contributed by atoms with E-state index in [0.717, 1.165) is 30.0 Å². The minimum absolute atomic E-state index is 0.0824. The van der Waals surface area contributed by atoms with Crippen LogP contribution in [0.2, 0.25) is 5.02 Å². The smallest absolute Gasteiger partial charge is 0.238 e. The first-order chi connectivity index (χ1) is 11.1. The molecule has 122 valence electrons. The Morgan fingerprint density at radius 2 is 2.04 bits per heavy atom. The van der Waals surface area contributed by atoms with Crippen LogP contribution in [0.25, 0.3) is 0 Å².